The first-order valence-electron chi connectivity index (χ1n) is 9.51. The molecule has 4 aromatic rings. The van der Waals surface area contributed by atoms with Crippen LogP contribution in [0.4, 0.5) is 4.39 Å². The number of aryl methyl sites for hydroxylation is 3. The zero-order chi connectivity index (χ0) is 21.5. The van der Waals surface area contributed by atoms with Gasteiger partial charge in [-0.1, -0.05) is 48.0 Å². The van der Waals surface area contributed by atoms with Gasteiger partial charge in [0.15, 0.2) is 5.03 Å². The van der Waals surface area contributed by atoms with Crippen molar-refractivity contribution in [2.75, 3.05) is 0 Å². The third-order valence-electron chi connectivity index (χ3n) is 5.00. The third kappa shape index (κ3) is 3.44. The molecule has 0 bridgehead atoms. The summed E-state index contributed by atoms with van der Waals surface area (Å²) in [5.41, 5.74) is 4.03. The molecule has 0 spiro atoms. The zero-order valence-corrected chi connectivity index (χ0v) is 17.7. The lowest BCUT2D eigenvalue weighted by molar-refractivity contribution is 0.593. The van der Waals surface area contributed by atoms with Crippen LogP contribution in [0.25, 0.3) is 17.1 Å². The highest BCUT2D eigenvalue weighted by Gasteiger charge is 2.25. The maximum atomic E-state index is 14.7. The lowest BCUT2D eigenvalue weighted by Gasteiger charge is -2.15. The van der Waals surface area contributed by atoms with Crippen molar-refractivity contribution in [3.05, 3.63) is 95.4 Å². The highest BCUT2D eigenvalue weighted by Crippen LogP contribution is 2.32. The molecule has 6 heteroatoms. The van der Waals surface area contributed by atoms with E-state index in [2.05, 4.69) is 4.98 Å². The first-order valence-corrected chi connectivity index (χ1v) is 11.0. The lowest BCUT2D eigenvalue weighted by atomic mass is 10.0. The van der Waals surface area contributed by atoms with E-state index in [0.29, 0.717) is 0 Å². The third-order valence-corrected chi connectivity index (χ3v) is 6.64. The number of hydrogen-bond donors (Lipinski definition) is 0. The van der Waals surface area contributed by atoms with Gasteiger partial charge in [0.05, 0.1) is 16.1 Å². The number of benzene rings is 3. The average Bonchev–Trinajstić information content (AvgIpc) is 3.14. The number of aromatic nitrogens is 2. The molecule has 30 heavy (non-hydrogen) atoms. The minimum atomic E-state index is -3.86. The highest BCUT2D eigenvalue weighted by atomic mass is 32.2. The minimum absolute atomic E-state index is 0.119. The molecule has 0 saturated carbocycles. The molecule has 4 rings (SSSR count). The van der Waals surface area contributed by atoms with Crippen LogP contribution < -0.4 is 0 Å². The topological polar surface area (TPSA) is 52.0 Å². The van der Waals surface area contributed by atoms with Gasteiger partial charge >= 0.3 is 0 Å². The number of rotatable bonds is 4. The van der Waals surface area contributed by atoms with Crippen LogP contribution >= 0.6 is 0 Å². The van der Waals surface area contributed by atoms with Gasteiger partial charge in [0, 0.05) is 6.20 Å². The molecule has 1 heterocycles. The molecule has 4 nitrogen and oxygen atoms in total. The van der Waals surface area contributed by atoms with Crippen molar-refractivity contribution >= 4 is 9.84 Å². The second-order valence-corrected chi connectivity index (χ2v) is 9.21. The van der Waals surface area contributed by atoms with Crippen LogP contribution in [-0.4, -0.2) is 18.0 Å². The Balaban J connectivity index is 2.02. The van der Waals surface area contributed by atoms with Gasteiger partial charge in [-0.05, 0) is 56.2 Å². The van der Waals surface area contributed by atoms with Gasteiger partial charge in [0.1, 0.15) is 11.6 Å². The number of nitrogens with zero attached hydrogens (tertiary/aromatic N) is 2. The van der Waals surface area contributed by atoms with Crippen molar-refractivity contribution < 1.29 is 12.8 Å². The van der Waals surface area contributed by atoms with E-state index >= 15 is 0 Å². The van der Waals surface area contributed by atoms with Crippen molar-refractivity contribution in [2.45, 2.75) is 30.7 Å². The predicted molar refractivity (Wildman–Crippen MR) is 115 cm³/mol. The van der Waals surface area contributed by atoms with Crippen LogP contribution in [0.2, 0.25) is 0 Å². The molecule has 0 radical (unpaired) electrons. The van der Waals surface area contributed by atoms with Gasteiger partial charge in [-0.2, -0.15) is 0 Å². The summed E-state index contributed by atoms with van der Waals surface area (Å²) >= 11 is 0. The Kier molecular flexibility index (Phi) is 5.03. The quantitative estimate of drug-likeness (QED) is 0.442. The highest BCUT2D eigenvalue weighted by molar-refractivity contribution is 7.91. The summed E-state index contributed by atoms with van der Waals surface area (Å²) in [5, 5.41) is -0.119. The lowest BCUT2D eigenvalue weighted by Crippen LogP contribution is -2.03. The number of halogens is 1. The van der Waals surface area contributed by atoms with Crippen molar-refractivity contribution in [3.8, 4) is 17.1 Å². The van der Waals surface area contributed by atoms with Crippen molar-refractivity contribution in [2.24, 2.45) is 0 Å². The van der Waals surface area contributed by atoms with Crippen molar-refractivity contribution in [3.63, 3.8) is 0 Å². The molecule has 0 saturated heterocycles. The first-order chi connectivity index (χ1) is 14.3. The Bertz CT molecular complexity index is 1320. The molecule has 0 unspecified atom stereocenters. The van der Waals surface area contributed by atoms with Crippen LogP contribution in [0.15, 0.2) is 82.8 Å². The van der Waals surface area contributed by atoms with Crippen LogP contribution in [-0.2, 0) is 9.84 Å². The molecule has 1 aromatic heterocycles. The SMILES string of the molecule is Cc1cc(C)c(-n2cc(S(=O)(=O)c3ccccc3)nc2-c2ccccc2F)c(C)c1. The summed E-state index contributed by atoms with van der Waals surface area (Å²) in [4.78, 5) is 4.55. The average molecular weight is 421 g/mol. The molecule has 152 valence electrons. The molecule has 3 aromatic carbocycles. The summed E-state index contributed by atoms with van der Waals surface area (Å²) in [6.45, 7) is 5.90. The summed E-state index contributed by atoms with van der Waals surface area (Å²) in [5.74, 6) is -0.215. The largest absolute Gasteiger partial charge is 0.298 e. The van der Waals surface area contributed by atoms with Crippen LogP contribution in [0.3, 0.4) is 0 Å². The van der Waals surface area contributed by atoms with Gasteiger partial charge in [0.25, 0.3) is 0 Å². The van der Waals surface area contributed by atoms with E-state index in [9.17, 15) is 12.8 Å². The van der Waals surface area contributed by atoms with Gasteiger partial charge in [-0.3, -0.25) is 4.57 Å². The monoisotopic (exact) mass is 420 g/mol. The van der Waals surface area contributed by atoms with Crippen molar-refractivity contribution in [1.29, 1.82) is 0 Å². The first kappa shape index (κ1) is 20.0. The Labute approximate surface area is 175 Å². The van der Waals surface area contributed by atoms with Crippen LogP contribution in [0.5, 0.6) is 0 Å². The Morgan fingerprint density at radius 2 is 1.47 bits per heavy atom. The van der Waals surface area contributed by atoms with Crippen LogP contribution in [0.1, 0.15) is 16.7 Å². The Morgan fingerprint density at radius 3 is 2.10 bits per heavy atom. The normalized spacial score (nSPS) is 11.6. The number of imidazole rings is 1. The Morgan fingerprint density at radius 1 is 0.867 bits per heavy atom. The van der Waals surface area contributed by atoms with E-state index in [1.54, 1.807) is 41.0 Å². The summed E-state index contributed by atoms with van der Waals surface area (Å²) in [7, 11) is -3.86. The molecule has 0 N–H and O–H groups in total. The van der Waals surface area contributed by atoms with E-state index in [-0.39, 0.29) is 21.3 Å². The number of hydrogen-bond acceptors (Lipinski definition) is 3. The maximum absolute atomic E-state index is 14.7. The van der Waals surface area contributed by atoms with E-state index < -0.39 is 15.7 Å². The Hall–Kier alpha value is -3.25. The van der Waals surface area contributed by atoms with E-state index in [0.717, 1.165) is 22.4 Å². The fourth-order valence-electron chi connectivity index (χ4n) is 3.76. The predicted octanol–water partition coefficient (Wildman–Crippen LogP) is 5.44. The fraction of sp³-hybridized carbons (Fsp3) is 0.125. The summed E-state index contributed by atoms with van der Waals surface area (Å²) < 4.78 is 42.7. The smallest absolute Gasteiger partial charge is 0.225 e. The van der Waals surface area contributed by atoms with Gasteiger partial charge in [-0.25, -0.2) is 17.8 Å². The van der Waals surface area contributed by atoms with E-state index in [1.165, 1.54) is 24.4 Å². The minimum Gasteiger partial charge on any atom is -0.298 e. The summed E-state index contributed by atoms with van der Waals surface area (Å²) in [6.07, 6.45) is 1.48. The molecular formula is C24H21FN2O2S. The standard InChI is InChI=1S/C24H21FN2O2S/c1-16-13-17(2)23(18(3)14-16)27-15-22(30(28,29)19-9-5-4-6-10-19)26-24(27)20-11-7-8-12-21(20)25/h4-15H,1-3H3. The van der Waals surface area contributed by atoms with Gasteiger partial charge in [-0.15, -0.1) is 0 Å². The second-order valence-electron chi connectivity index (χ2n) is 7.32. The zero-order valence-electron chi connectivity index (χ0n) is 16.9. The summed E-state index contributed by atoms with van der Waals surface area (Å²) in [6, 6.07) is 18.4. The fourth-order valence-corrected chi connectivity index (χ4v) is 4.97. The van der Waals surface area contributed by atoms with Crippen molar-refractivity contribution in [1.82, 2.24) is 9.55 Å². The molecular weight excluding hydrogens is 399 g/mol. The molecule has 0 aliphatic rings. The molecule has 0 amide bonds. The molecule has 0 atom stereocenters. The second kappa shape index (κ2) is 7.54. The molecule has 0 aliphatic heterocycles. The van der Waals surface area contributed by atoms with Crippen LogP contribution in [0, 0.1) is 26.6 Å². The van der Waals surface area contributed by atoms with Gasteiger partial charge < -0.3 is 0 Å². The van der Waals surface area contributed by atoms with Gasteiger partial charge in [0.2, 0.25) is 9.84 Å². The number of sulfone groups is 1. The van der Waals surface area contributed by atoms with E-state index in [4.69, 9.17) is 0 Å². The molecule has 0 fully saturated rings. The van der Waals surface area contributed by atoms with E-state index in [1.807, 2.05) is 32.9 Å². The maximum Gasteiger partial charge on any atom is 0.225 e. The molecule has 0 aliphatic carbocycles.